The molecular formula is C92H150O2S4. The number of benzene rings is 1. The molecule has 554 valence electrons. The molecule has 1 aromatic carbocycles. The van der Waals surface area contributed by atoms with Crippen molar-refractivity contribution in [3.8, 4) is 20.9 Å². The van der Waals surface area contributed by atoms with E-state index in [1.54, 1.807) is 65.8 Å². The highest BCUT2D eigenvalue weighted by Crippen LogP contribution is 2.64. The normalized spacial score (nSPS) is 13.5. The lowest BCUT2D eigenvalue weighted by Crippen LogP contribution is -2.27. The van der Waals surface area contributed by atoms with Gasteiger partial charge in [0.05, 0.1) is 13.2 Å². The van der Waals surface area contributed by atoms with Gasteiger partial charge in [-0.1, -0.05) is 387 Å². The average Bonchev–Trinajstić information content (AvgIpc) is 1.53. The molecule has 4 heterocycles. The Morgan fingerprint density at radius 2 is 0.480 bits per heavy atom. The first-order chi connectivity index (χ1) is 48.5. The van der Waals surface area contributed by atoms with Crippen molar-refractivity contribution in [3.05, 3.63) is 100 Å². The molecule has 0 aliphatic heterocycles. The summed E-state index contributed by atoms with van der Waals surface area (Å²) in [5.74, 6) is 0. The summed E-state index contributed by atoms with van der Waals surface area (Å²) in [5.41, 5.74) is 12.6. The van der Waals surface area contributed by atoms with Crippen LogP contribution in [0.1, 0.15) is 466 Å². The molecule has 0 fully saturated rings. The lowest BCUT2D eigenvalue weighted by molar-refractivity contribution is 0.284. The number of rotatable bonds is 66. The van der Waals surface area contributed by atoms with Gasteiger partial charge in [-0.3, -0.25) is 0 Å². The molecule has 2 nitrogen and oxygen atoms in total. The van der Waals surface area contributed by atoms with E-state index in [9.17, 15) is 10.2 Å². The SMILES string of the molecule is CCCCCCCCCCCCCCCCC1(CCCCCCCCCCCCCCCC)c2cc3c(cc2-c2sc(Cc4ccsc4CO)cc21)C(CCCCCCCCCCCCCCCC)(CCCCCCCCCCCCCCCC)c1cc(Cc2ccsc2CO)sc1-3. The fraction of sp³-hybridized carbons (Fsp3) is 0.761. The van der Waals surface area contributed by atoms with Crippen LogP contribution in [0.5, 0.6) is 0 Å². The predicted octanol–water partition coefficient (Wildman–Crippen LogP) is 32.1. The third kappa shape index (κ3) is 28.1. The standard InChI is InChI=1S/C92H150O2S4/c1-5-9-13-17-21-25-29-33-37-41-45-49-53-57-63-91(64-58-54-50-46-42-38-34-30-26-22-18-14-10-6-2)83-73-82-84(74-81(83)89-85(91)71-79(97-89)69-77-61-67-95-87(77)75-93)92(65-59-55-51-47-43-39-35-31-27-23-19-15-11-7-3,66-60-56-52-48-44-40-36-32-28-24-20-16-12-8-4)86-72-80(98-90(82)86)70-78-62-68-96-88(78)76-94/h61-62,67-68,71-74,93-94H,5-60,63-66,69-70,75-76H2,1-4H3. The molecule has 0 saturated heterocycles. The summed E-state index contributed by atoms with van der Waals surface area (Å²) in [7, 11) is 0. The summed E-state index contributed by atoms with van der Waals surface area (Å²) in [4.78, 5) is 8.47. The molecule has 2 N–H and O–H groups in total. The molecule has 2 aliphatic carbocycles. The van der Waals surface area contributed by atoms with Crippen LogP contribution in [0, 0.1) is 0 Å². The first-order valence-corrected chi connectivity index (χ1v) is 46.6. The molecule has 6 heteroatoms. The Bertz CT molecular complexity index is 2510. The van der Waals surface area contributed by atoms with Gasteiger partial charge in [-0.15, -0.1) is 45.3 Å². The van der Waals surface area contributed by atoms with Crippen LogP contribution in [0.3, 0.4) is 0 Å². The van der Waals surface area contributed by atoms with Crippen LogP contribution in [0.15, 0.2) is 47.2 Å². The molecule has 0 atom stereocenters. The van der Waals surface area contributed by atoms with E-state index in [0.717, 1.165) is 22.6 Å². The minimum atomic E-state index is 0.0125. The van der Waals surface area contributed by atoms with Crippen molar-refractivity contribution in [1.29, 1.82) is 0 Å². The third-order valence-corrected chi connectivity index (χ3v) is 28.0. The molecule has 0 bridgehead atoms. The maximum atomic E-state index is 10.6. The molecule has 7 rings (SSSR count). The van der Waals surface area contributed by atoms with Gasteiger partial charge in [-0.05, 0) is 117 Å². The third-order valence-electron chi connectivity index (χ3n) is 23.8. The molecule has 4 aromatic heterocycles. The van der Waals surface area contributed by atoms with Gasteiger partial charge in [-0.2, -0.15) is 0 Å². The van der Waals surface area contributed by atoms with Crippen molar-refractivity contribution < 1.29 is 10.2 Å². The van der Waals surface area contributed by atoms with Crippen molar-refractivity contribution in [1.82, 2.24) is 0 Å². The lowest BCUT2D eigenvalue weighted by atomic mass is 9.68. The molecule has 0 unspecified atom stereocenters. The minimum absolute atomic E-state index is 0.0125. The summed E-state index contributed by atoms with van der Waals surface area (Å²) in [6.07, 6.45) is 85.3. The van der Waals surface area contributed by atoms with Gasteiger partial charge in [0.2, 0.25) is 0 Å². The monoisotopic (exact) mass is 1420 g/mol. The molecule has 2 aliphatic rings. The van der Waals surface area contributed by atoms with Crippen molar-refractivity contribution >= 4 is 45.3 Å². The highest BCUT2D eigenvalue weighted by atomic mass is 32.1. The van der Waals surface area contributed by atoms with E-state index < -0.39 is 0 Å². The maximum absolute atomic E-state index is 10.6. The van der Waals surface area contributed by atoms with Gasteiger partial charge >= 0.3 is 0 Å². The van der Waals surface area contributed by atoms with Crippen LogP contribution >= 0.6 is 45.3 Å². The Hall–Kier alpha value is -2.06. The van der Waals surface area contributed by atoms with Gasteiger partial charge in [0.15, 0.2) is 0 Å². The Kier molecular flexibility index (Phi) is 43.5. The van der Waals surface area contributed by atoms with Crippen LogP contribution in [0.4, 0.5) is 0 Å². The largest absolute Gasteiger partial charge is 0.391 e. The van der Waals surface area contributed by atoms with Crippen LogP contribution < -0.4 is 0 Å². The maximum Gasteiger partial charge on any atom is 0.0777 e. The summed E-state index contributed by atoms with van der Waals surface area (Å²) < 4.78 is 0. The number of thiophene rings is 4. The van der Waals surface area contributed by atoms with E-state index in [-0.39, 0.29) is 24.0 Å². The highest BCUT2D eigenvalue weighted by Gasteiger charge is 2.49. The van der Waals surface area contributed by atoms with E-state index in [2.05, 4.69) is 97.5 Å². The Morgan fingerprint density at radius 3 is 0.694 bits per heavy atom. The zero-order valence-corrected chi connectivity index (χ0v) is 67.7. The van der Waals surface area contributed by atoms with E-state index in [0.29, 0.717) is 0 Å². The van der Waals surface area contributed by atoms with Crippen molar-refractivity contribution in [2.24, 2.45) is 0 Å². The molecule has 0 saturated carbocycles. The lowest BCUT2D eigenvalue weighted by Gasteiger charge is -2.34. The molecule has 0 amide bonds. The van der Waals surface area contributed by atoms with Crippen LogP contribution in [0.25, 0.3) is 20.9 Å². The number of unbranched alkanes of at least 4 members (excludes halogenated alkanes) is 52. The van der Waals surface area contributed by atoms with Crippen LogP contribution in [0.2, 0.25) is 0 Å². The first kappa shape index (κ1) is 83.2. The molecule has 0 radical (unpaired) electrons. The van der Waals surface area contributed by atoms with E-state index in [1.165, 1.54) is 406 Å². The number of aliphatic hydroxyl groups is 2. The molecular weight excluding hydrogens is 1270 g/mol. The quantitative estimate of drug-likeness (QED) is 0.0381. The topological polar surface area (TPSA) is 40.5 Å². The minimum Gasteiger partial charge on any atom is -0.391 e. The second-order valence-corrected chi connectivity index (χ2v) is 36.1. The van der Waals surface area contributed by atoms with Gasteiger partial charge in [0.1, 0.15) is 0 Å². The van der Waals surface area contributed by atoms with Crippen LogP contribution in [-0.2, 0) is 36.9 Å². The van der Waals surface area contributed by atoms with E-state index in [4.69, 9.17) is 0 Å². The molecule has 5 aromatic rings. The van der Waals surface area contributed by atoms with Crippen molar-refractivity contribution in [3.63, 3.8) is 0 Å². The van der Waals surface area contributed by atoms with Gasteiger partial charge in [0, 0.05) is 52.9 Å². The summed E-state index contributed by atoms with van der Waals surface area (Å²) in [5, 5.41) is 25.6. The fourth-order valence-electron chi connectivity index (χ4n) is 17.7. The Labute approximate surface area is 621 Å². The van der Waals surface area contributed by atoms with Gasteiger partial charge in [-0.25, -0.2) is 0 Å². The van der Waals surface area contributed by atoms with E-state index >= 15 is 0 Å². The number of hydrogen-bond acceptors (Lipinski definition) is 6. The first-order valence-electron chi connectivity index (χ1n) is 43.2. The van der Waals surface area contributed by atoms with Crippen molar-refractivity contribution in [2.75, 3.05) is 0 Å². The summed E-state index contributed by atoms with van der Waals surface area (Å²) in [6, 6.07) is 15.9. The predicted molar refractivity (Wildman–Crippen MR) is 440 cm³/mol. The number of fused-ring (bicyclic) bond motifs is 6. The Morgan fingerprint density at radius 1 is 0.265 bits per heavy atom. The second kappa shape index (κ2) is 51.2. The fourth-order valence-corrected chi connectivity index (χ4v) is 21.9. The number of aliphatic hydroxyl groups excluding tert-OH is 2. The molecule has 0 spiro atoms. The smallest absolute Gasteiger partial charge is 0.0777 e. The summed E-state index contributed by atoms with van der Waals surface area (Å²) in [6.45, 7) is 9.60. The molecule has 98 heavy (non-hydrogen) atoms. The van der Waals surface area contributed by atoms with Gasteiger partial charge in [0.25, 0.3) is 0 Å². The van der Waals surface area contributed by atoms with Gasteiger partial charge < -0.3 is 10.2 Å². The van der Waals surface area contributed by atoms with Crippen LogP contribution in [-0.4, -0.2) is 10.2 Å². The number of hydrogen-bond donors (Lipinski definition) is 2. The zero-order chi connectivity index (χ0) is 68.8. The van der Waals surface area contributed by atoms with E-state index in [1.807, 2.05) is 0 Å². The average molecular weight is 1420 g/mol. The summed E-state index contributed by atoms with van der Waals surface area (Å²) >= 11 is 7.73. The highest BCUT2D eigenvalue weighted by molar-refractivity contribution is 7.16. The zero-order valence-electron chi connectivity index (χ0n) is 64.4. The second-order valence-electron chi connectivity index (χ2n) is 31.8. The Balaban J connectivity index is 1.17. The van der Waals surface area contributed by atoms with Crippen molar-refractivity contribution in [2.45, 2.75) is 450 Å².